The Labute approximate surface area is 174 Å². The number of aliphatic imine (C=N–C) groups is 1. The molecule has 29 heavy (non-hydrogen) atoms. The van der Waals surface area contributed by atoms with Gasteiger partial charge in [0.2, 0.25) is 0 Å². The normalized spacial score (nSPS) is 22.9. The maximum Gasteiger partial charge on any atom is 0.180 e. The van der Waals surface area contributed by atoms with Crippen molar-refractivity contribution >= 4 is 28.3 Å². The first-order valence-corrected chi connectivity index (χ1v) is 11.1. The predicted octanol–water partition coefficient (Wildman–Crippen LogP) is 3.04. The molecule has 1 fully saturated rings. The molecule has 0 amide bonds. The van der Waals surface area contributed by atoms with Gasteiger partial charge in [0.15, 0.2) is 11.5 Å². The van der Waals surface area contributed by atoms with E-state index in [1.165, 1.54) is 31.0 Å². The number of likely N-dealkylation sites (tertiary alicyclic amines) is 1. The Kier molecular flexibility index (Phi) is 5.01. The highest BCUT2D eigenvalue weighted by atomic mass is 32.2. The maximum atomic E-state index is 4.79. The topological polar surface area (TPSA) is 86.5 Å². The van der Waals surface area contributed by atoms with E-state index < -0.39 is 0 Å². The van der Waals surface area contributed by atoms with Crippen LogP contribution in [0.4, 0.5) is 5.82 Å². The number of H-pyrrole nitrogens is 1. The number of nitrogens with zero attached hydrogens (tertiary/aromatic N) is 6. The van der Waals surface area contributed by atoms with Crippen LogP contribution in [0.2, 0.25) is 0 Å². The predicted molar refractivity (Wildman–Crippen MR) is 117 cm³/mol. The summed E-state index contributed by atoms with van der Waals surface area (Å²) in [5.41, 5.74) is 3.77. The lowest BCUT2D eigenvalue weighted by molar-refractivity contribution is 0.208. The van der Waals surface area contributed by atoms with Crippen molar-refractivity contribution in [1.29, 1.82) is 0 Å². The third-order valence-corrected chi connectivity index (χ3v) is 6.60. The van der Waals surface area contributed by atoms with Crippen molar-refractivity contribution in [2.24, 2.45) is 10.9 Å². The minimum atomic E-state index is 0.194. The zero-order valence-corrected chi connectivity index (χ0v) is 17.6. The SMILES string of the molecule is Cc1cn2c(-c3cn[nH]c3)cnc2c(NC2CN=C(CN3CCCC(C)C3)S2)n1. The van der Waals surface area contributed by atoms with E-state index in [9.17, 15) is 0 Å². The molecule has 0 spiro atoms. The molecule has 2 N–H and O–H groups in total. The van der Waals surface area contributed by atoms with Gasteiger partial charge in [0.1, 0.15) is 0 Å². The summed E-state index contributed by atoms with van der Waals surface area (Å²) in [6.07, 6.45) is 10.2. The molecular formula is C20H26N8S. The molecule has 3 aromatic rings. The fourth-order valence-corrected chi connectivity index (χ4v) is 5.22. The van der Waals surface area contributed by atoms with Crippen molar-refractivity contribution < 1.29 is 0 Å². The monoisotopic (exact) mass is 410 g/mol. The highest BCUT2D eigenvalue weighted by Crippen LogP contribution is 2.28. The second-order valence-corrected chi connectivity index (χ2v) is 9.30. The van der Waals surface area contributed by atoms with Gasteiger partial charge in [-0.3, -0.25) is 19.4 Å². The minimum absolute atomic E-state index is 0.194. The van der Waals surface area contributed by atoms with Crippen molar-refractivity contribution in [3.05, 3.63) is 30.5 Å². The third-order valence-electron chi connectivity index (χ3n) is 5.52. The zero-order valence-electron chi connectivity index (χ0n) is 16.8. The Balaban J connectivity index is 1.30. The van der Waals surface area contributed by atoms with Crippen molar-refractivity contribution in [2.45, 2.75) is 32.1 Å². The molecule has 8 nitrogen and oxygen atoms in total. The smallest absolute Gasteiger partial charge is 0.180 e. The van der Waals surface area contributed by atoms with Crippen molar-refractivity contribution in [2.75, 3.05) is 31.5 Å². The average Bonchev–Trinajstić information content (AvgIpc) is 3.42. The standard InChI is InChI=1S/C20H26N8S/c1-13-4-3-5-27(10-13)12-18-21-9-17(29-18)26-19-20-22-8-16(15-6-23-24-7-15)28(20)11-14(2)25-19/h6-8,11,13,17H,3-5,9-10,12H2,1-2H3,(H,23,24)(H,25,26). The highest BCUT2D eigenvalue weighted by Gasteiger charge is 2.25. The Bertz CT molecular complexity index is 1020. The molecule has 0 radical (unpaired) electrons. The Morgan fingerprint density at radius 3 is 3.10 bits per heavy atom. The van der Waals surface area contributed by atoms with Gasteiger partial charge in [0, 0.05) is 31.0 Å². The van der Waals surface area contributed by atoms with Crippen LogP contribution in [0, 0.1) is 12.8 Å². The molecule has 2 unspecified atom stereocenters. The van der Waals surface area contributed by atoms with E-state index in [0.29, 0.717) is 0 Å². The lowest BCUT2D eigenvalue weighted by Crippen LogP contribution is -2.37. The molecule has 0 aliphatic carbocycles. The summed E-state index contributed by atoms with van der Waals surface area (Å²) < 4.78 is 2.08. The van der Waals surface area contributed by atoms with Crippen LogP contribution in [0.1, 0.15) is 25.5 Å². The fraction of sp³-hybridized carbons (Fsp3) is 0.500. The van der Waals surface area contributed by atoms with Gasteiger partial charge in [-0.1, -0.05) is 18.7 Å². The lowest BCUT2D eigenvalue weighted by atomic mass is 10.0. The summed E-state index contributed by atoms with van der Waals surface area (Å²) >= 11 is 1.82. The number of aromatic amines is 1. The summed E-state index contributed by atoms with van der Waals surface area (Å²) in [5, 5.41) is 11.9. The molecule has 2 atom stereocenters. The fourth-order valence-electron chi connectivity index (χ4n) is 4.17. The summed E-state index contributed by atoms with van der Waals surface area (Å²) in [4.78, 5) is 16.7. The number of thioether (sulfide) groups is 1. The molecular weight excluding hydrogens is 384 g/mol. The molecule has 5 heterocycles. The van der Waals surface area contributed by atoms with E-state index in [1.54, 1.807) is 6.20 Å². The van der Waals surface area contributed by atoms with Crippen molar-refractivity contribution in [3.8, 4) is 11.3 Å². The van der Waals surface area contributed by atoms with E-state index in [-0.39, 0.29) is 5.37 Å². The number of hydrogen-bond acceptors (Lipinski definition) is 7. The second kappa shape index (κ2) is 7.79. The van der Waals surface area contributed by atoms with E-state index in [1.807, 2.05) is 37.3 Å². The minimum Gasteiger partial charge on any atom is -0.353 e. The lowest BCUT2D eigenvalue weighted by Gasteiger charge is -2.30. The summed E-state index contributed by atoms with van der Waals surface area (Å²) in [5.74, 6) is 1.60. The largest absolute Gasteiger partial charge is 0.353 e. The molecule has 1 saturated heterocycles. The quantitative estimate of drug-likeness (QED) is 0.672. The van der Waals surface area contributed by atoms with E-state index >= 15 is 0 Å². The van der Waals surface area contributed by atoms with Crippen LogP contribution in [-0.4, -0.2) is 66.1 Å². The number of imidazole rings is 1. The summed E-state index contributed by atoms with van der Waals surface area (Å²) in [6.45, 7) is 8.45. The number of aromatic nitrogens is 5. The van der Waals surface area contributed by atoms with Crippen LogP contribution in [-0.2, 0) is 0 Å². The van der Waals surface area contributed by atoms with Crippen molar-refractivity contribution in [1.82, 2.24) is 29.5 Å². The molecule has 2 aliphatic rings. The molecule has 3 aromatic heterocycles. The number of fused-ring (bicyclic) bond motifs is 1. The summed E-state index contributed by atoms with van der Waals surface area (Å²) in [7, 11) is 0. The van der Waals surface area contributed by atoms with Crippen LogP contribution in [0.3, 0.4) is 0 Å². The number of anilines is 1. The Morgan fingerprint density at radius 1 is 1.34 bits per heavy atom. The molecule has 0 aromatic carbocycles. The number of piperidine rings is 1. The Hall–Kier alpha value is -2.39. The van der Waals surface area contributed by atoms with Crippen molar-refractivity contribution in [3.63, 3.8) is 0 Å². The van der Waals surface area contributed by atoms with Crippen LogP contribution in [0.25, 0.3) is 16.9 Å². The van der Waals surface area contributed by atoms with Gasteiger partial charge in [0.05, 0.1) is 40.7 Å². The van der Waals surface area contributed by atoms with Crippen LogP contribution in [0.15, 0.2) is 29.8 Å². The van der Waals surface area contributed by atoms with E-state index in [2.05, 4.69) is 36.7 Å². The molecule has 2 aliphatic heterocycles. The van der Waals surface area contributed by atoms with Gasteiger partial charge in [-0.25, -0.2) is 9.97 Å². The first kappa shape index (κ1) is 18.6. The van der Waals surface area contributed by atoms with Crippen LogP contribution >= 0.6 is 11.8 Å². The van der Waals surface area contributed by atoms with Gasteiger partial charge in [0.25, 0.3) is 0 Å². The van der Waals surface area contributed by atoms with E-state index in [4.69, 9.17) is 9.98 Å². The Morgan fingerprint density at radius 2 is 2.28 bits per heavy atom. The van der Waals surface area contributed by atoms with Gasteiger partial charge in [-0.05, 0) is 32.2 Å². The molecule has 9 heteroatoms. The average molecular weight is 411 g/mol. The number of rotatable bonds is 5. The highest BCUT2D eigenvalue weighted by molar-refractivity contribution is 8.14. The zero-order chi connectivity index (χ0) is 19.8. The number of aryl methyl sites for hydroxylation is 1. The van der Waals surface area contributed by atoms with Gasteiger partial charge < -0.3 is 5.32 Å². The first-order valence-electron chi connectivity index (χ1n) is 10.2. The van der Waals surface area contributed by atoms with E-state index in [0.717, 1.165) is 47.4 Å². The molecule has 0 saturated carbocycles. The maximum absolute atomic E-state index is 4.79. The van der Waals surface area contributed by atoms with Gasteiger partial charge in [-0.15, -0.1) is 0 Å². The molecule has 5 rings (SSSR count). The second-order valence-electron chi connectivity index (χ2n) is 8.02. The van der Waals surface area contributed by atoms with Crippen LogP contribution < -0.4 is 5.32 Å². The van der Waals surface area contributed by atoms with Crippen LogP contribution in [0.5, 0.6) is 0 Å². The first-order chi connectivity index (χ1) is 14.2. The number of hydrogen-bond donors (Lipinski definition) is 2. The van der Waals surface area contributed by atoms with Gasteiger partial charge >= 0.3 is 0 Å². The third kappa shape index (κ3) is 3.89. The van der Waals surface area contributed by atoms with Gasteiger partial charge in [-0.2, -0.15) is 5.10 Å². The molecule has 152 valence electrons. The molecule has 0 bridgehead atoms. The number of nitrogens with one attached hydrogen (secondary N) is 2. The summed E-state index contributed by atoms with van der Waals surface area (Å²) in [6, 6.07) is 0.